The van der Waals surface area contributed by atoms with E-state index in [1.165, 1.54) is 15.4 Å². The number of hydrogen-bond acceptors (Lipinski definition) is 6. The van der Waals surface area contributed by atoms with E-state index < -0.39 is 35.2 Å². The van der Waals surface area contributed by atoms with Crippen LogP contribution < -0.4 is 9.88 Å². The van der Waals surface area contributed by atoms with Gasteiger partial charge in [-0.25, -0.2) is 9.56 Å². The molecular formula is C40H46N5O5+. The lowest BCUT2D eigenvalue weighted by molar-refractivity contribution is -0.687. The van der Waals surface area contributed by atoms with Gasteiger partial charge in [0.05, 0.1) is 16.8 Å². The number of carbonyl (C=O) groups excluding carboxylic acids is 4. The second kappa shape index (κ2) is 15.4. The van der Waals surface area contributed by atoms with E-state index >= 15 is 0 Å². The van der Waals surface area contributed by atoms with Gasteiger partial charge < -0.3 is 15.0 Å². The number of aromatic nitrogens is 1. The van der Waals surface area contributed by atoms with Crippen LogP contribution in [0.2, 0.25) is 0 Å². The van der Waals surface area contributed by atoms with Crippen LogP contribution in [0.4, 0.5) is 0 Å². The third kappa shape index (κ3) is 8.61. The Morgan fingerprint density at radius 2 is 1.64 bits per heavy atom. The summed E-state index contributed by atoms with van der Waals surface area (Å²) in [6.45, 7) is 12.1. The Bertz CT molecular complexity index is 1810. The molecule has 5 rings (SSSR count). The van der Waals surface area contributed by atoms with Crippen molar-refractivity contribution in [2.24, 2.45) is 10.9 Å². The number of amides is 3. The summed E-state index contributed by atoms with van der Waals surface area (Å²) in [5.41, 5.74) is 3.00. The summed E-state index contributed by atoms with van der Waals surface area (Å²) < 4.78 is 7.62. The Morgan fingerprint density at radius 3 is 2.22 bits per heavy atom. The minimum absolute atomic E-state index is 0.0208. The topological polar surface area (TPSA) is 112 Å². The maximum atomic E-state index is 14.4. The molecule has 3 amide bonds. The molecule has 0 aliphatic carbocycles. The van der Waals surface area contributed by atoms with Gasteiger partial charge >= 0.3 is 0 Å². The first-order valence-corrected chi connectivity index (χ1v) is 17.0. The maximum Gasteiger partial charge on any atom is 0.259 e. The fourth-order valence-corrected chi connectivity index (χ4v) is 5.93. The summed E-state index contributed by atoms with van der Waals surface area (Å²) in [5, 5.41) is 2.88. The summed E-state index contributed by atoms with van der Waals surface area (Å²) in [6, 6.07) is 20.2. The maximum absolute atomic E-state index is 14.4. The fraction of sp³-hybridized carbons (Fsp3) is 0.350. The largest absolute Gasteiger partial charge is 0.473 e. The molecule has 0 saturated heterocycles. The van der Waals surface area contributed by atoms with Gasteiger partial charge in [-0.3, -0.25) is 24.1 Å². The highest BCUT2D eigenvalue weighted by Crippen LogP contribution is 2.31. The average Bonchev–Trinajstić information content (AvgIpc) is 3.47. The lowest BCUT2D eigenvalue weighted by Crippen LogP contribution is -2.57. The third-order valence-corrected chi connectivity index (χ3v) is 8.57. The Kier molecular flexibility index (Phi) is 11.1. The van der Waals surface area contributed by atoms with Crippen LogP contribution in [0, 0.1) is 5.92 Å². The number of allylic oxidation sites excluding steroid dienone is 2. The Labute approximate surface area is 294 Å². The van der Waals surface area contributed by atoms with Crippen molar-refractivity contribution in [3.05, 3.63) is 120 Å². The molecule has 2 aliphatic rings. The molecule has 0 spiro atoms. The third-order valence-electron chi connectivity index (χ3n) is 8.57. The molecule has 3 aromatic rings. The number of nitrogens with zero attached hydrogens (tertiary/aromatic N) is 4. The zero-order valence-corrected chi connectivity index (χ0v) is 29.6. The highest BCUT2D eigenvalue weighted by molar-refractivity contribution is 6.39. The zero-order valence-electron chi connectivity index (χ0n) is 29.6. The fourth-order valence-electron chi connectivity index (χ4n) is 5.93. The molecule has 10 heteroatoms. The Morgan fingerprint density at radius 1 is 1.00 bits per heavy atom. The highest BCUT2D eigenvalue weighted by Gasteiger charge is 2.42. The Hall–Kier alpha value is -5.38. The molecular weight excluding hydrogens is 630 g/mol. The highest BCUT2D eigenvalue weighted by atomic mass is 16.5. The normalized spacial score (nSPS) is 17.4. The number of hydrogen-bond donors (Lipinski definition) is 1. The Balaban J connectivity index is 1.45. The molecule has 0 bridgehead atoms. The molecule has 0 radical (unpaired) electrons. The molecule has 2 atom stereocenters. The molecule has 2 aliphatic heterocycles. The van der Waals surface area contributed by atoms with E-state index in [0.29, 0.717) is 23.4 Å². The summed E-state index contributed by atoms with van der Waals surface area (Å²) >= 11 is 0. The second-order valence-electron chi connectivity index (χ2n) is 14.0. The van der Waals surface area contributed by atoms with E-state index in [1.807, 2.05) is 119 Å². The number of ketones is 1. The van der Waals surface area contributed by atoms with Crippen molar-refractivity contribution < 1.29 is 28.5 Å². The van der Waals surface area contributed by atoms with Crippen LogP contribution in [0.25, 0.3) is 5.70 Å². The first-order chi connectivity index (χ1) is 23.8. The monoisotopic (exact) mass is 676 g/mol. The van der Waals surface area contributed by atoms with Crippen LogP contribution in [0.1, 0.15) is 63.0 Å². The van der Waals surface area contributed by atoms with E-state index in [-0.39, 0.29) is 37.3 Å². The van der Waals surface area contributed by atoms with Gasteiger partial charge in [-0.05, 0) is 50.8 Å². The molecule has 1 aromatic heterocycles. The van der Waals surface area contributed by atoms with Crippen LogP contribution >= 0.6 is 0 Å². The number of ether oxygens (including phenoxy) is 1. The van der Waals surface area contributed by atoms with Gasteiger partial charge in [-0.2, -0.15) is 0 Å². The van der Waals surface area contributed by atoms with E-state index in [1.54, 1.807) is 18.3 Å². The molecule has 260 valence electrons. The SMILES string of the molecule is CC(C)=CC[n+]1ccc(C(=O)N2C=C(c3ccccc3)N(CC(=O)N[C@@H](Cc3ccccc3)C(=O)C3=NC(C)(C)CO3)C(=O)[C@H]2C(C)C)cc1. The predicted molar refractivity (Wildman–Crippen MR) is 192 cm³/mol. The quantitative estimate of drug-likeness (QED) is 0.220. The average molecular weight is 677 g/mol. The number of nitrogens with one attached hydrogen (secondary N) is 1. The molecule has 0 saturated carbocycles. The number of aliphatic imine (C=N–C) groups is 1. The van der Waals surface area contributed by atoms with Crippen molar-refractivity contribution in [2.75, 3.05) is 13.2 Å². The molecule has 0 unspecified atom stereocenters. The summed E-state index contributed by atoms with van der Waals surface area (Å²) in [6.07, 6.45) is 7.66. The van der Waals surface area contributed by atoms with Gasteiger partial charge in [0.2, 0.25) is 11.7 Å². The van der Waals surface area contributed by atoms with Crippen molar-refractivity contribution in [1.29, 1.82) is 0 Å². The van der Waals surface area contributed by atoms with E-state index in [9.17, 15) is 19.2 Å². The van der Waals surface area contributed by atoms with Crippen LogP contribution in [-0.4, -0.2) is 70.0 Å². The second-order valence-corrected chi connectivity index (χ2v) is 14.0. The van der Waals surface area contributed by atoms with E-state index in [4.69, 9.17) is 4.74 Å². The lowest BCUT2D eigenvalue weighted by atomic mass is 9.96. The minimum Gasteiger partial charge on any atom is -0.473 e. The van der Waals surface area contributed by atoms with E-state index in [0.717, 1.165) is 5.56 Å². The lowest BCUT2D eigenvalue weighted by Gasteiger charge is -2.41. The predicted octanol–water partition coefficient (Wildman–Crippen LogP) is 4.75. The zero-order chi connectivity index (χ0) is 36.0. The molecule has 10 nitrogen and oxygen atoms in total. The first-order valence-electron chi connectivity index (χ1n) is 17.0. The van der Waals surface area contributed by atoms with Crippen molar-refractivity contribution in [3.63, 3.8) is 0 Å². The summed E-state index contributed by atoms with van der Waals surface area (Å²) in [5.74, 6) is -1.97. The van der Waals surface area contributed by atoms with Crippen LogP contribution in [0.3, 0.4) is 0 Å². The number of rotatable bonds is 12. The molecule has 50 heavy (non-hydrogen) atoms. The summed E-state index contributed by atoms with van der Waals surface area (Å²) in [7, 11) is 0. The van der Waals surface area contributed by atoms with Gasteiger partial charge in [0.1, 0.15) is 25.2 Å². The molecule has 0 fully saturated rings. The number of pyridine rings is 1. The van der Waals surface area contributed by atoms with Gasteiger partial charge in [-0.1, -0.05) is 80.1 Å². The molecule has 1 N–H and O–H groups in total. The number of benzene rings is 2. The number of carbonyl (C=O) groups is 4. The van der Waals surface area contributed by atoms with Crippen molar-refractivity contribution >= 4 is 35.1 Å². The van der Waals surface area contributed by atoms with Crippen LogP contribution in [0.5, 0.6) is 0 Å². The minimum atomic E-state index is -0.974. The smallest absolute Gasteiger partial charge is 0.259 e. The van der Waals surface area contributed by atoms with Crippen molar-refractivity contribution in [2.45, 2.75) is 72.1 Å². The van der Waals surface area contributed by atoms with E-state index in [2.05, 4.69) is 16.4 Å². The van der Waals surface area contributed by atoms with Crippen LogP contribution in [0.15, 0.2) is 108 Å². The van der Waals surface area contributed by atoms with Gasteiger partial charge in [0.15, 0.2) is 18.9 Å². The molecule has 3 heterocycles. The van der Waals surface area contributed by atoms with Gasteiger partial charge in [0.25, 0.3) is 17.7 Å². The first kappa shape index (κ1) is 35.9. The van der Waals surface area contributed by atoms with Gasteiger partial charge in [-0.15, -0.1) is 0 Å². The summed E-state index contributed by atoms with van der Waals surface area (Å²) in [4.78, 5) is 63.4. The van der Waals surface area contributed by atoms with Crippen LogP contribution in [-0.2, 0) is 32.1 Å². The van der Waals surface area contributed by atoms with Crippen molar-refractivity contribution in [3.8, 4) is 0 Å². The van der Waals surface area contributed by atoms with Gasteiger partial charge in [0, 0.05) is 24.8 Å². The van der Waals surface area contributed by atoms with Crippen molar-refractivity contribution in [1.82, 2.24) is 15.1 Å². The number of Topliss-reactive ketones (excluding diaryl/α,β-unsaturated/α-hetero) is 1. The molecule has 2 aromatic carbocycles. The standard InChI is InChI=1S/C40H45N5O5/c1-27(2)17-20-43-21-18-31(19-22-43)38(48)45-24-33(30-15-11-8-12-16-30)44(39(49)35(45)28(3)4)25-34(46)41-32(23-29-13-9-7-10-14-29)36(47)37-42-40(5,6)26-50-37/h7-19,21-22,24,28,32,35H,20,23,25-26H2,1-6H3/p+1/t32-,35+/m0/s1.